The number of carbonyl (C=O) groups excluding carboxylic acids is 2. The zero-order valence-electron chi connectivity index (χ0n) is 15.2. The summed E-state index contributed by atoms with van der Waals surface area (Å²) in [6.45, 7) is 1.44. The number of rotatable bonds is 6. The molecular weight excluding hydrogens is 376 g/mol. The number of fused-ring (bicyclic) bond motifs is 1. The highest BCUT2D eigenvalue weighted by molar-refractivity contribution is 7.09. The topological polar surface area (TPSA) is 93.0 Å². The van der Waals surface area contributed by atoms with Crippen LogP contribution in [-0.2, 0) is 17.8 Å². The molecular formula is C19H20N6O2S. The molecule has 0 aromatic carbocycles. The molecule has 3 aromatic heterocycles. The monoisotopic (exact) mass is 396 g/mol. The Labute approximate surface area is 166 Å². The first-order valence-corrected chi connectivity index (χ1v) is 9.95. The van der Waals surface area contributed by atoms with Gasteiger partial charge in [0.25, 0.3) is 5.91 Å². The number of hydrogen-bond donors (Lipinski definition) is 1. The highest BCUT2D eigenvalue weighted by atomic mass is 32.1. The van der Waals surface area contributed by atoms with Gasteiger partial charge in [-0.2, -0.15) is 5.10 Å². The van der Waals surface area contributed by atoms with Crippen molar-refractivity contribution >= 4 is 23.2 Å². The quantitative estimate of drug-likeness (QED) is 0.684. The molecule has 0 saturated heterocycles. The molecule has 0 spiro atoms. The average molecular weight is 396 g/mol. The Morgan fingerprint density at radius 1 is 1.25 bits per heavy atom. The van der Waals surface area contributed by atoms with Crippen molar-refractivity contribution in [1.29, 1.82) is 0 Å². The van der Waals surface area contributed by atoms with Gasteiger partial charge in [-0.3, -0.25) is 19.3 Å². The van der Waals surface area contributed by atoms with Crippen molar-refractivity contribution in [1.82, 2.24) is 30.0 Å². The maximum absolute atomic E-state index is 12.8. The van der Waals surface area contributed by atoms with Crippen LogP contribution in [0.15, 0.2) is 48.4 Å². The van der Waals surface area contributed by atoms with E-state index in [1.54, 1.807) is 22.4 Å². The molecule has 9 heteroatoms. The van der Waals surface area contributed by atoms with E-state index in [9.17, 15) is 9.59 Å². The molecule has 2 amide bonds. The fraction of sp³-hybridized carbons (Fsp3) is 0.316. The van der Waals surface area contributed by atoms with Gasteiger partial charge >= 0.3 is 0 Å². The molecule has 0 bridgehead atoms. The number of aromatic nitrogens is 4. The van der Waals surface area contributed by atoms with E-state index in [-0.39, 0.29) is 24.3 Å². The molecule has 4 heterocycles. The Morgan fingerprint density at radius 2 is 2.18 bits per heavy atom. The van der Waals surface area contributed by atoms with Crippen LogP contribution in [0.25, 0.3) is 0 Å². The Bertz CT molecular complexity index is 941. The van der Waals surface area contributed by atoms with E-state index in [4.69, 9.17) is 0 Å². The molecule has 8 nitrogen and oxygen atoms in total. The van der Waals surface area contributed by atoms with Crippen molar-refractivity contribution in [2.75, 3.05) is 13.1 Å². The minimum absolute atomic E-state index is 0.0446. The Kier molecular flexibility index (Phi) is 5.43. The number of thiophene rings is 1. The van der Waals surface area contributed by atoms with E-state index in [0.29, 0.717) is 25.3 Å². The summed E-state index contributed by atoms with van der Waals surface area (Å²) in [4.78, 5) is 36.2. The van der Waals surface area contributed by atoms with Gasteiger partial charge in [0.2, 0.25) is 5.91 Å². The van der Waals surface area contributed by atoms with Crippen molar-refractivity contribution in [2.24, 2.45) is 0 Å². The van der Waals surface area contributed by atoms with Crippen LogP contribution in [0.4, 0.5) is 0 Å². The summed E-state index contributed by atoms with van der Waals surface area (Å²) in [6.07, 6.45) is 7.28. The standard InChI is InChI=1S/C19H20N6O2S/c26-18(22-5-4-16-2-1-9-28-16)10-15-13-24(12-14-3-6-23-25(14)15)19(27)17-11-20-7-8-21-17/h1-3,6-9,11,15H,4-5,10,12-13H2,(H,22,26)/t15-/m0/s1. The van der Waals surface area contributed by atoms with Crippen LogP contribution in [-0.4, -0.2) is 49.6 Å². The largest absolute Gasteiger partial charge is 0.356 e. The summed E-state index contributed by atoms with van der Waals surface area (Å²) < 4.78 is 1.85. The lowest BCUT2D eigenvalue weighted by molar-refractivity contribution is -0.122. The third-order valence-electron chi connectivity index (χ3n) is 4.65. The van der Waals surface area contributed by atoms with E-state index in [1.165, 1.54) is 23.5 Å². The second-order valence-electron chi connectivity index (χ2n) is 6.58. The van der Waals surface area contributed by atoms with Gasteiger partial charge in [0, 0.05) is 36.6 Å². The first-order chi connectivity index (χ1) is 13.7. The van der Waals surface area contributed by atoms with Crippen LogP contribution in [0.1, 0.15) is 33.5 Å². The van der Waals surface area contributed by atoms with Crippen LogP contribution in [0.2, 0.25) is 0 Å². The van der Waals surface area contributed by atoms with E-state index >= 15 is 0 Å². The Balaban J connectivity index is 1.40. The smallest absolute Gasteiger partial charge is 0.274 e. The number of carbonyl (C=O) groups is 2. The van der Waals surface area contributed by atoms with E-state index in [2.05, 4.69) is 26.4 Å². The fourth-order valence-corrected chi connectivity index (χ4v) is 4.04. The third kappa shape index (κ3) is 4.09. The number of nitrogens with zero attached hydrogens (tertiary/aromatic N) is 5. The van der Waals surface area contributed by atoms with Crippen LogP contribution >= 0.6 is 11.3 Å². The van der Waals surface area contributed by atoms with Gasteiger partial charge in [0.15, 0.2) is 0 Å². The van der Waals surface area contributed by atoms with Gasteiger partial charge in [0.05, 0.1) is 30.9 Å². The van der Waals surface area contributed by atoms with E-state index < -0.39 is 0 Å². The summed E-state index contributed by atoms with van der Waals surface area (Å²) in [6, 6.07) is 5.73. The number of amides is 2. The average Bonchev–Trinajstić information content (AvgIpc) is 3.40. The molecule has 0 saturated carbocycles. The maximum atomic E-state index is 12.8. The molecule has 0 radical (unpaired) electrons. The van der Waals surface area contributed by atoms with Gasteiger partial charge in [-0.15, -0.1) is 11.3 Å². The molecule has 0 aliphatic carbocycles. The Hall–Kier alpha value is -3.07. The molecule has 4 rings (SSSR count). The molecule has 0 fully saturated rings. The summed E-state index contributed by atoms with van der Waals surface area (Å²) >= 11 is 1.68. The number of nitrogens with one attached hydrogen (secondary N) is 1. The zero-order chi connectivity index (χ0) is 19.3. The van der Waals surface area contributed by atoms with Gasteiger partial charge in [0.1, 0.15) is 5.69 Å². The molecule has 1 aliphatic rings. The molecule has 144 valence electrons. The SMILES string of the molecule is O=C(C[C@H]1CN(C(=O)c2cnccn2)Cc2ccnn21)NCCc1cccs1. The van der Waals surface area contributed by atoms with Crippen LogP contribution in [0, 0.1) is 0 Å². The second kappa shape index (κ2) is 8.30. The first kappa shape index (κ1) is 18.3. The summed E-state index contributed by atoms with van der Waals surface area (Å²) in [5.74, 6) is -0.236. The predicted molar refractivity (Wildman–Crippen MR) is 104 cm³/mol. The second-order valence-corrected chi connectivity index (χ2v) is 7.61. The normalized spacial score (nSPS) is 15.9. The summed E-state index contributed by atoms with van der Waals surface area (Å²) in [5.41, 5.74) is 1.20. The van der Waals surface area contributed by atoms with Crippen LogP contribution in [0.5, 0.6) is 0 Å². The van der Waals surface area contributed by atoms with Crippen molar-refractivity contribution in [3.05, 3.63) is 64.6 Å². The molecule has 1 aliphatic heterocycles. The first-order valence-electron chi connectivity index (χ1n) is 9.07. The highest BCUT2D eigenvalue weighted by Crippen LogP contribution is 2.24. The van der Waals surface area contributed by atoms with Gasteiger partial charge in [-0.05, 0) is 23.9 Å². The lowest BCUT2D eigenvalue weighted by Gasteiger charge is -2.33. The lowest BCUT2D eigenvalue weighted by atomic mass is 10.1. The maximum Gasteiger partial charge on any atom is 0.274 e. The molecule has 1 N–H and O–H groups in total. The van der Waals surface area contributed by atoms with Crippen molar-refractivity contribution in [3.8, 4) is 0 Å². The van der Waals surface area contributed by atoms with E-state index in [1.807, 2.05) is 22.2 Å². The van der Waals surface area contributed by atoms with Gasteiger partial charge in [-0.1, -0.05) is 6.07 Å². The summed E-state index contributed by atoms with van der Waals surface area (Å²) in [7, 11) is 0. The summed E-state index contributed by atoms with van der Waals surface area (Å²) in [5, 5.41) is 9.35. The minimum Gasteiger partial charge on any atom is -0.356 e. The third-order valence-corrected chi connectivity index (χ3v) is 5.58. The highest BCUT2D eigenvalue weighted by Gasteiger charge is 2.30. The van der Waals surface area contributed by atoms with Gasteiger partial charge < -0.3 is 10.2 Å². The minimum atomic E-state index is -0.207. The van der Waals surface area contributed by atoms with E-state index in [0.717, 1.165) is 12.1 Å². The fourth-order valence-electron chi connectivity index (χ4n) is 3.33. The molecule has 0 unspecified atom stereocenters. The predicted octanol–water partition coefficient (Wildman–Crippen LogP) is 1.68. The molecule has 3 aromatic rings. The Morgan fingerprint density at radius 3 is 2.96 bits per heavy atom. The van der Waals surface area contributed by atoms with Gasteiger partial charge in [-0.25, -0.2) is 4.98 Å². The molecule has 1 atom stereocenters. The van der Waals surface area contributed by atoms with Crippen LogP contribution < -0.4 is 5.32 Å². The van der Waals surface area contributed by atoms with Crippen LogP contribution in [0.3, 0.4) is 0 Å². The van der Waals surface area contributed by atoms with Crippen molar-refractivity contribution in [2.45, 2.75) is 25.4 Å². The van der Waals surface area contributed by atoms with Crippen molar-refractivity contribution < 1.29 is 9.59 Å². The molecule has 28 heavy (non-hydrogen) atoms. The lowest BCUT2D eigenvalue weighted by Crippen LogP contribution is -2.43. The zero-order valence-corrected chi connectivity index (χ0v) is 16.0. The van der Waals surface area contributed by atoms with Crippen molar-refractivity contribution in [3.63, 3.8) is 0 Å². The number of hydrogen-bond acceptors (Lipinski definition) is 6.